The van der Waals surface area contributed by atoms with Crippen LogP contribution in [-0.2, 0) is 12.1 Å². The topological polar surface area (TPSA) is 73.7 Å². The number of benzene rings is 5. The second-order valence-corrected chi connectivity index (χ2v) is 12.3. The van der Waals surface area contributed by atoms with Gasteiger partial charge in [-0.15, -0.1) is 0 Å². The van der Waals surface area contributed by atoms with E-state index < -0.39 is 5.54 Å². The third-order valence-electron chi connectivity index (χ3n) is 9.00. The molecule has 0 saturated carbocycles. The molecule has 0 radical (unpaired) electrons. The van der Waals surface area contributed by atoms with Crippen LogP contribution in [0.3, 0.4) is 0 Å². The molecule has 0 unspecified atom stereocenters. The van der Waals surface area contributed by atoms with E-state index in [0.29, 0.717) is 23.9 Å². The summed E-state index contributed by atoms with van der Waals surface area (Å²) in [5.41, 5.74) is 6.54. The monoisotopic (exact) mass is 620 g/mol. The summed E-state index contributed by atoms with van der Waals surface area (Å²) in [6, 6.07) is 43.9. The molecule has 47 heavy (non-hydrogen) atoms. The molecule has 0 amide bonds. The number of nitrogens with zero attached hydrogens (tertiary/aromatic N) is 3. The highest BCUT2D eigenvalue weighted by atomic mass is 16.1. The number of hydrogen-bond acceptors (Lipinski definition) is 6. The normalized spacial score (nSPS) is 12.1. The Balaban J connectivity index is 1.18. The average molecular weight is 621 g/mol. The van der Waals surface area contributed by atoms with E-state index in [-0.39, 0.29) is 5.43 Å². The largest absolute Gasteiger partial charge is 0.383 e. The van der Waals surface area contributed by atoms with Crippen LogP contribution in [0, 0.1) is 0 Å². The van der Waals surface area contributed by atoms with E-state index in [1.54, 1.807) is 0 Å². The van der Waals surface area contributed by atoms with E-state index in [2.05, 4.69) is 118 Å². The van der Waals surface area contributed by atoms with E-state index in [0.717, 1.165) is 47.4 Å². The Kier molecular flexibility index (Phi) is 8.68. The van der Waals surface area contributed by atoms with E-state index in [1.165, 1.54) is 16.7 Å². The summed E-state index contributed by atoms with van der Waals surface area (Å²) < 4.78 is 1.96. The number of aromatic nitrogens is 2. The van der Waals surface area contributed by atoms with Crippen molar-refractivity contribution < 1.29 is 0 Å². The molecule has 2 heterocycles. The first-order chi connectivity index (χ1) is 23.1. The molecule has 7 heteroatoms. The molecule has 7 rings (SSSR count). The summed E-state index contributed by atoms with van der Waals surface area (Å²) in [5.74, 6) is 0. The summed E-state index contributed by atoms with van der Waals surface area (Å²) >= 11 is 0. The van der Waals surface area contributed by atoms with Crippen molar-refractivity contribution in [3.63, 3.8) is 0 Å². The Bertz CT molecular complexity index is 2050. The Labute approximate surface area is 275 Å². The van der Waals surface area contributed by atoms with Crippen LogP contribution in [-0.4, -0.2) is 54.8 Å². The van der Waals surface area contributed by atoms with Gasteiger partial charge in [-0.2, -0.15) is 5.10 Å². The van der Waals surface area contributed by atoms with Crippen LogP contribution in [0.4, 0.5) is 5.69 Å². The van der Waals surface area contributed by atoms with Gasteiger partial charge in [-0.3, -0.25) is 10.1 Å². The van der Waals surface area contributed by atoms with Gasteiger partial charge in [-0.05, 0) is 55.1 Å². The molecule has 0 atom stereocenters. The van der Waals surface area contributed by atoms with Gasteiger partial charge in [0.05, 0.1) is 27.7 Å². The van der Waals surface area contributed by atoms with E-state index in [1.807, 2.05) is 48.9 Å². The van der Waals surface area contributed by atoms with Crippen molar-refractivity contribution in [2.75, 3.05) is 45.6 Å². The Morgan fingerprint density at radius 3 is 1.89 bits per heavy atom. The van der Waals surface area contributed by atoms with Gasteiger partial charge in [-0.1, -0.05) is 103 Å². The SMILES string of the molecule is CN(C)CCNc1ccc2c(CNCCNC(c3ccccc3)(c3ccccc3)c3ccccc3)nn3c4ccccc4c(=O)c1c23. The number of hydrogen-bond donors (Lipinski definition) is 3. The third kappa shape index (κ3) is 5.74. The molecule has 0 aliphatic carbocycles. The third-order valence-corrected chi connectivity index (χ3v) is 9.00. The molecule has 0 aliphatic rings. The summed E-state index contributed by atoms with van der Waals surface area (Å²) in [6.07, 6.45) is 0. The number of fused-ring (bicyclic) bond motifs is 2. The summed E-state index contributed by atoms with van der Waals surface area (Å²) in [4.78, 5) is 16.0. The average Bonchev–Trinajstić information content (AvgIpc) is 3.49. The summed E-state index contributed by atoms with van der Waals surface area (Å²) in [7, 11) is 4.09. The molecule has 0 spiro atoms. The van der Waals surface area contributed by atoms with Gasteiger partial charge in [0.15, 0.2) is 5.43 Å². The van der Waals surface area contributed by atoms with Crippen molar-refractivity contribution in [3.8, 4) is 0 Å². The predicted octanol–water partition coefficient (Wildman–Crippen LogP) is 6.08. The fourth-order valence-electron chi connectivity index (χ4n) is 6.77. The van der Waals surface area contributed by atoms with Crippen LogP contribution in [0.2, 0.25) is 0 Å². The number of nitrogens with one attached hydrogen (secondary N) is 3. The number of likely N-dealkylation sites (N-methyl/N-ethyl adjacent to an activating group) is 1. The smallest absolute Gasteiger partial charge is 0.199 e. The molecule has 0 aliphatic heterocycles. The minimum absolute atomic E-state index is 0.0359. The van der Waals surface area contributed by atoms with Crippen LogP contribution in [0.5, 0.6) is 0 Å². The maximum absolute atomic E-state index is 13.9. The molecular weight excluding hydrogens is 580 g/mol. The van der Waals surface area contributed by atoms with Gasteiger partial charge in [-0.25, -0.2) is 4.52 Å². The van der Waals surface area contributed by atoms with Crippen molar-refractivity contribution in [2.45, 2.75) is 12.1 Å². The zero-order chi connectivity index (χ0) is 32.2. The van der Waals surface area contributed by atoms with Crippen molar-refractivity contribution in [2.24, 2.45) is 0 Å². The first-order valence-corrected chi connectivity index (χ1v) is 16.3. The number of pyridine rings is 1. The molecule has 2 aromatic heterocycles. The highest BCUT2D eigenvalue weighted by Crippen LogP contribution is 2.36. The lowest BCUT2D eigenvalue weighted by Crippen LogP contribution is -2.47. The summed E-state index contributed by atoms with van der Waals surface area (Å²) in [5, 5.41) is 18.5. The molecule has 236 valence electrons. The molecule has 0 saturated heterocycles. The van der Waals surface area contributed by atoms with Gasteiger partial charge in [0.2, 0.25) is 0 Å². The van der Waals surface area contributed by atoms with E-state index in [4.69, 9.17) is 5.10 Å². The fraction of sp³-hybridized carbons (Fsp3) is 0.200. The van der Waals surface area contributed by atoms with Gasteiger partial charge in [0.1, 0.15) is 0 Å². The first kappa shape index (κ1) is 30.6. The van der Waals surface area contributed by atoms with Gasteiger partial charge in [0, 0.05) is 49.2 Å². The first-order valence-electron chi connectivity index (χ1n) is 16.3. The van der Waals surface area contributed by atoms with Gasteiger partial charge < -0.3 is 15.5 Å². The standard InChI is InChI=1S/C40H40N6O/c1-45(2)27-26-42-34-23-22-32-35(44-46-36-21-13-12-20-33(36)39(47)37(34)38(32)46)28-41-24-25-43-40(29-14-6-3-7-15-29,30-16-8-4-9-17-30)31-18-10-5-11-19-31/h3-23,41-43H,24-28H2,1-2H3. The lowest BCUT2D eigenvalue weighted by molar-refractivity contribution is 0.425. The number of para-hydroxylation sites is 1. The molecule has 7 nitrogen and oxygen atoms in total. The van der Waals surface area contributed by atoms with Crippen molar-refractivity contribution in [1.82, 2.24) is 25.1 Å². The van der Waals surface area contributed by atoms with Crippen molar-refractivity contribution in [1.29, 1.82) is 0 Å². The zero-order valence-corrected chi connectivity index (χ0v) is 26.9. The molecule has 5 aromatic carbocycles. The lowest BCUT2D eigenvalue weighted by Gasteiger charge is -2.37. The predicted molar refractivity (Wildman–Crippen MR) is 194 cm³/mol. The maximum Gasteiger partial charge on any atom is 0.199 e. The fourth-order valence-corrected chi connectivity index (χ4v) is 6.77. The maximum atomic E-state index is 13.9. The molecule has 0 bridgehead atoms. The van der Waals surface area contributed by atoms with Gasteiger partial charge in [0.25, 0.3) is 0 Å². The minimum Gasteiger partial charge on any atom is -0.383 e. The Morgan fingerprint density at radius 1 is 0.681 bits per heavy atom. The zero-order valence-electron chi connectivity index (χ0n) is 26.9. The van der Waals surface area contributed by atoms with Crippen molar-refractivity contribution in [3.05, 3.63) is 160 Å². The van der Waals surface area contributed by atoms with E-state index >= 15 is 0 Å². The van der Waals surface area contributed by atoms with Crippen molar-refractivity contribution >= 4 is 32.9 Å². The lowest BCUT2D eigenvalue weighted by atomic mass is 9.77. The van der Waals surface area contributed by atoms with Gasteiger partial charge >= 0.3 is 0 Å². The molecular formula is C40H40N6O. The number of anilines is 1. The second kappa shape index (κ2) is 13.3. The highest BCUT2D eigenvalue weighted by molar-refractivity contribution is 6.08. The molecule has 3 N–H and O–H groups in total. The van der Waals surface area contributed by atoms with Crippen LogP contribution < -0.4 is 21.4 Å². The van der Waals surface area contributed by atoms with Crippen LogP contribution >= 0.6 is 0 Å². The highest BCUT2D eigenvalue weighted by Gasteiger charge is 2.35. The Hall–Kier alpha value is -5.08. The van der Waals surface area contributed by atoms with Crippen LogP contribution in [0.25, 0.3) is 27.2 Å². The quantitative estimate of drug-likeness (QED) is 0.0824. The van der Waals surface area contributed by atoms with Crippen LogP contribution in [0.1, 0.15) is 22.4 Å². The number of rotatable bonds is 13. The van der Waals surface area contributed by atoms with E-state index in [9.17, 15) is 4.79 Å². The molecule has 0 fully saturated rings. The minimum atomic E-state index is -0.520. The Morgan fingerprint density at radius 2 is 1.28 bits per heavy atom. The molecule has 7 aromatic rings. The second-order valence-electron chi connectivity index (χ2n) is 12.3. The summed E-state index contributed by atoms with van der Waals surface area (Å²) in [6.45, 7) is 3.61. The van der Waals surface area contributed by atoms with Crippen LogP contribution in [0.15, 0.2) is 132 Å².